The third-order valence-corrected chi connectivity index (χ3v) is 2.26. The summed E-state index contributed by atoms with van der Waals surface area (Å²) in [6.07, 6.45) is 0.867. The summed E-state index contributed by atoms with van der Waals surface area (Å²) < 4.78 is 18.4. The van der Waals surface area contributed by atoms with Gasteiger partial charge in [0.25, 0.3) is 0 Å². The van der Waals surface area contributed by atoms with Crippen LogP contribution in [0.4, 0.5) is 4.39 Å². The van der Waals surface area contributed by atoms with E-state index in [1.807, 2.05) is 31.2 Å². The lowest BCUT2D eigenvalue weighted by molar-refractivity contribution is 0.441. The van der Waals surface area contributed by atoms with Gasteiger partial charge in [-0.3, -0.25) is 0 Å². The van der Waals surface area contributed by atoms with Crippen molar-refractivity contribution in [3.63, 3.8) is 0 Å². The van der Waals surface area contributed by atoms with E-state index in [0.717, 1.165) is 17.7 Å². The molecule has 0 aliphatic heterocycles. The Balaban J connectivity index is 2.26. The molecular weight excluding hydrogens is 205 g/mol. The van der Waals surface area contributed by atoms with E-state index in [1.165, 1.54) is 6.07 Å². The van der Waals surface area contributed by atoms with Gasteiger partial charge in [-0.15, -0.1) is 0 Å². The van der Waals surface area contributed by atoms with Crippen LogP contribution in [0.1, 0.15) is 12.5 Å². The van der Waals surface area contributed by atoms with Gasteiger partial charge in [0.15, 0.2) is 0 Å². The Hall–Kier alpha value is -1.90. The second-order valence-corrected chi connectivity index (χ2v) is 3.36. The van der Waals surface area contributed by atoms with E-state index in [0.29, 0.717) is 0 Å². The zero-order valence-electron chi connectivity index (χ0n) is 8.98. The van der Waals surface area contributed by atoms with Crippen molar-refractivity contribution in [2.24, 2.45) is 0 Å². The average Bonchev–Trinajstić information content (AvgIpc) is 2.30. The monoisotopic (exact) mass is 217 g/mol. The van der Waals surface area contributed by atoms with E-state index >= 15 is 0 Å². The summed E-state index contributed by atoms with van der Waals surface area (Å²) in [6.45, 7) is 2.04. The molecule has 2 rings (SSSR count). The molecular formula is C13H12FNO. The number of aryl methyl sites for hydroxylation is 1. The number of halogens is 1. The van der Waals surface area contributed by atoms with Crippen LogP contribution in [0.15, 0.2) is 42.5 Å². The lowest BCUT2D eigenvalue weighted by atomic mass is 10.1. The minimum Gasteiger partial charge on any atom is -0.439 e. The van der Waals surface area contributed by atoms with Crippen LogP contribution in [-0.2, 0) is 6.42 Å². The zero-order valence-corrected chi connectivity index (χ0v) is 8.98. The van der Waals surface area contributed by atoms with Crippen molar-refractivity contribution in [1.82, 2.24) is 4.98 Å². The number of ether oxygens (including phenoxy) is 1. The molecule has 0 spiro atoms. The molecule has 0 amide bonds. The summed E-state index contributed by atoms with van der Waals surface area (Å²) in [5.74, 6) is 0.468. The second-order valence-electron chi connectivity index (χ2n) is 3.36. The van der Waals surface area contributed by atoms with Crippen LogP contribution in [0.2, 0.25) is 0 Å². The predicted molar refractivity (Wildman–Crippen MR) is 60.1 cm³/mol. The van der Waals surface area contributed by atoms with Gasteiger partial charge in [0, 0.05) is 6.07 Å². The van der Waals surface area contributed by atoms with Crippen LogP contribution < -0.4 is 4.74 Å². The Labute approximate surface area is 93.7 Å². The Morgan fingerprint density at radius 2 is 1.94 bits per heavy atom. The lowest BCUT2D eigenvalue weighted by Crippen LogP contribution is -1.93. The van der Waals surface area contributed by atoms with Crippen molar-refractivity contribution in [2.75, 3.05) is 0 Å². The van der Waals surface area contributed by atoms with Crippen molar-refractivity contribution >= 4 is 0 Å². The number of hydrogen-bond acceptors (Lipinski definition) is 2. The number of rotatable bonds is 3. The molecule has 0 saturated heterocycles. The molecule has 0 bridgehead atoms. The van der Waals surface area contributed by atoms with E-state index in [9.17, 15) is 4.39 Å². The number of para-hydroxylation sites is 1. The fourth-order valence-corrected chi connectivity index (χ4v) is 1.45. The number of benzene rings is 1. The topological polar surface area (TPSA) is 22.1 Å². The largest absolute Gasteiger partial charge is 0.439 e. The quantitative estimate of drug-likeness (QED) is 0.733. The van der Waals surface area contributed by atoms with Gasteiger partial charge >= 0.3 is 0 Å². The Morgan fingerprint density at radius 1 is 1.12 bits per heavy atom. The summed E-state index contributed by atoms with van der Waals surface area (Å²) in [5.41, 5.74) is 1.08. The molecule has 1 aromatic heterocycles. The molecule has 0 saturated carbocycles. The Bertz CT molecular complexity index is 485. The van der Waals surface area contributed by atoms with Gasteiger partial charge in [0.1, 0.15) is 5.75 Å². The van der Waals surface area contributed by atoms with Crippen molar-refractivity contribution in [1.29, 1.82) is 0 Å². The van der Waals surface area contributed by atoms with Crippen molar-refractivity contribution in [3.05, 3.63) is 54.0 Å². The minimum atomic E-state index is -0.536. The predicted octanol–water partition coefficient (Wildman–Crippen LogP) is 3.58. The summed E-state index contributed by atoms with van der Waals surface area (Å²) in [5, 5.41) is 0. The minimum absolute atomic E-state index is 0.279. The zero-order chi connectivity index (χ0) is 11.4. The normalized spacial score (nSPS) is 10.1. The van der Waals surface area contributed by atoms with E-state index in [1.54, 1.807) is 12.1 Å². The first-order chi connectivity index (χ1) is 7.79. The van der Waals surface area contributed by atoms with E-state index < -0.39 is 5.95 Å². The highest BCUT2D eigenvalue weighted by Crippen LogP contribution is 2.23. The fraction of sp³-hybridized carbons (Fsp3) is 0.154. The van der Waals surface area contributed by atoms with Gasteiger partial charge in [0.2, 0.25) is 11.8 Å². The first-order valence-electron chi connectivity index (χ1n) is 5.18. The van der Waals surface area contributed by atoms with E-state index in [2.05, 4.69) is 4.98 Å². The van der Waals surface area contributed by atoms with Crippen LogP contribution in [0.3, 0.4) is 0 Å². The van der Waals surface area contributed by atoms with Gasteiger partial charge in [-0.05, 0) is 24.1 Å². The summed E-state index contributed by atoms with van der Waals surface area (Å²) in [7, 11) is 0. The average molecular weight is 217 g/mol. The second kappa shape index (κ2) is 4.75. The maximum absolute atomic E-state index is 12.9. The van der Waals surface area contributed by atoms with Crippen LogP contribution in [0, 0.1) is 5.95 Å². The maximum atomic E-state index is 12.9. The molecule has 2 nitrogen and oxygen atoms in total. The first-order valence-corrected chi connectivity index (χ1v) is 5.18. The van der Waals surface area contributed by atoms with Crippen LogP contribution >= 0.6 is 0 Å². The molecule has 16 heavy (non-hydrogen) atoms. The molecule has 1 aromatic carbocycles. The van der Waals surface area contributed by atoms with Crippen molar-refractivity contribution < 1.29 is 9.13 Å². The maximum Gasteiger partial charge on any atom is 0.221 e. The van der Waals surface area contributed by atoms with Crippen LogP contribution in [0.25, 0.3) is 0 Å². The van der Waals surface area contributed by atoms with Gasteiger partial charge < -0.3 is 4.74 Å². The SMILES string of the molecule is CCc1ccccc1Oc1cccc(F)n1. The third kappa shape index (κ3) is 2.37. The molecule has 0 aliphatic rings. The van der Waals surface area contributed by atoms with E-state index in [-0.39, 0.29) is 5.88 Å². The molecule has 3 heteroatoms. The summed E-state index contributed by atoms with van der Waals surface area (Å²) in [4.78, 5) is 3.65. The van der Waals surface area contributed by atoms with Crippen molar-refractivity contribution in [3.8, 4) is 11.6 Å². The highest BCUT2D eigenvalue weighted by Gasteiger charge is 2.03. The highest BCUT2D eigenvalue weighted by molar-refractivity contribution is 5.35. The molecule has 0 radical (unpaired) electrons. The Morgan fingerprint density at radius 3 is 2.69 bits per heavy atom. The third-order valence-electron chi connectivity index (χ3n) is 2.26. The van der Waals surface area contributed by atoms with E-state index in [4.69, 9.17) is 4.74 Å². The number of nitrogens with zero attached hydrogens (tertiary/aromatic N) is 1. The van der Waals surface area contributed by atoms with Gasteiger partial charge in [-0.2, -0.15) is 9.37 Å². The number of hydrogen-bond donors (Lipinski definition) is 0. The van der Waals surface area contributed by atoms with Crippen LogP contribution in [-0.4, -0.2) is 4.98 Å². The first kappa shape index (κ1) is 10.6. The smallest absolute Gasteiger partial charge is 0.221 e. The summed E-state index contributed by atoms with van der Waals surface area (Å²) >= 11 is 0. The summed E-state index contributed by atoms with van der Waals surface area (Å²) in [6, 6.07) is 12.2. The molecule has 82 valence electrons. The van der Waals surface area contributed by atoms with Crippen LogP contribution in [0.5, 0.6) is 11.6 Å². The highest BCUT2D eigenvalue weighted by atomic mass is 19.1. The molecule has 2 aromatic rings. The number of pyridine rings is 1. The fourth-order valence-electron chi connectivity index (χ4n) is 1.45. The van der Waals surface area contributed by atoms with Crippen molar-refractivity contribution in [2.45, 2.75) is 13.3 Å². The lowest BCUT2D eigenvalue weighted by Gasteiger charge is -2.08. The molecule has 0 N–H and O–H groups in total. The molecule has 0 aliphatic carbocycles. The number of aromatic nitrogens is 1. The molecule has 0 fully saturated rings. The standard InChI is InChI=1S/C13H12FNO/c1-2-10-6-3-4-7-11(10)16-13-9-5-8-12(14)15-13/h3-9H,2H2,1H3. The Kier molecular flexibility index (Phi) is 3.15. The molecule has 0 atom stereocenters. The van der Waals surface area contributed by atoms with Gasteiger partial charge in [0.05, 0.1) is 0 Å². The van der Waals surface area contributed by atoms with Gasteiger partial charge in [-0.1, -0.05) is 31.2 Å². The van der Waals surface area contributed by atoms with Gasteiger partial charge in [-0.25, -0.2) is 0 Å². The molecule has 1 heterocycles. The molecule has 0 unspecified atom stereocenters.